The summed E-state index contributed by atoms with van der Waals surface area (Å²) in [6, 6.07) is 13.5. The minimum atomic E-state index is -0.300. The number of halogens is 2. The summed E-state index contributed by atoms with van der Waals surface area (Å²) in [6.07, 6.45) is 3.00. The Morgan fingerprint density at radius 2 is 1.65 bits per heavy atom. The van der Waals surface area contributed by atoms with Gasteiger partial charge in [0.25, 0.3) is 0 Å². The quantitative estimate of drug-likeness (QED) is 0.857. The first-order valence-corrected chi connectivity index (χ1v) is 9.03. The lowest BCUT2D eigenvalue weighted by atomic mass is 9.83. The normalized spacial score (nSPS) is 20.8. The standard InChI is InChI=1S/C21H24F2N2O/c22-18-5-1-15(2-6-18)13-20-14-17(16-3-7-19(23)8-4-16)9-11-25(20)12-10-21(24)26/h1-8,17,20H,9-14H2,(H2,24,26). The Morgan fingerprint density at radius 1 is 1.04 bits per heavy atom. The lowest BCUT2D eigenvalue weighted by Gasteiger charge is -2.40. The summed E-state index contributed by atoms with van der Waals surface area (Å²) in [5.74, 6) is -0.417. The van der Waals surface area contributed by atoms with E-state index in [1.807, 2.05) is 24.3 Å². The highest BCUT2D eigenvalue weighted by atomic mass is 19.1. The Bertz CT molecular complexity index is 731. The van der Waals surface area contributed by atoms with Crippen molar-refractivity contribution in [3.05, 3.63) is 71.3 Å². The van der Waals surface area contributed by atoms with Gasteiger partial charge < -0.3 is 5.73 Å². The summed E-state index contributed by atoms with van der Waals surface area (Å²) in [5, 5.41) is 0. The van der Waals surface area contributed by atoms with Crippen molar-refractivity contribution in [2.24, 2.45) is 5.73 Å². The Balaban J connectivity index is 1.74. The van der Waals surface area contributed by atoms with Gasteiger partial charge in [0.1, 0.15) is 11.6 Å². The van der Waals surface area contributed by atoms with Crippen molar-refractivity contribution < 1.29 is 13.6 Å². The second-order valence-corrected chi connectivity index (χ2v) is 7.01. The van der Waals surface area contributed by atoms with Crippen LogP contribution in [0.3, 0.4) is 0 Å². The molecule has 2 aromatic carbocycles. The maximum Gasteiger partial charge on any atom is 0.218 e. The van der Waals surface area contributed by atoms with E-state index in [1.165, 1.54) is 24.3 Å². The van der Waals surface area contributed by atoms with Gasteiger partial charge in [0.2, 0.25) is 5.91 Å². The summed E-state index contributed by atoms with van der Waals surface area (Å²) < 4.78 is 26.4. The molecule has 26 heavy (non-hydrogen) atoms. The van der Waals surface area contributed by atoms with Crippen LogP contribution < -0.4 is 5.73 Å². The van der Waals surface area contributed by atoms with Crippen LogP contribution in [0.2, 0.25) is 0 Å². The number of carbonyl (C=O) groups is 1. The zero-order chi connectivity index (χ0) is 18.5. The topological polar surface area (TPSA) is 46.3 Å². The Morgan fingerprint density at radius 3 is 2.27 bits per heavy atom. The predicted molar refractivity (Wildman–Crippen MR) is 97.7 cm³/mol. The third-order valence-electron chi connectivity index (χ3n) is 5.21. The predicted octanol–water partition coefficient (Wildman–Crippen LogP) is 3.63. The van der Waals surface area contributed by atoms with Gasteiger partial charge in [-0.15, -0.1) is 0 Å². The van der Waals surface area contributed by atoms with E-state index >= 15 is 0 Å². The van der Waals surface area contributed by atoms with Gasteiger partial charge >= 0.3 is 0 Å². The molecule has 0 aliphatic carbocycles. The number of amides is 1. The first kappa shape index (κ1) is 18.5. The lowest BCUT2D eigenvalue weighted by molar-refractivity contribution is -0.118. The molecule has 3 nitrogen and oxygen atoms in total. The van der Waals surface area contributed by atoms with Gasteiger partial charge in [-0.1, -0.05) is 24.3 Å². The van der Waals surface area contributed by atoms with Crippen LogP contribution in [0.15, 0.2) is 48.5 Å². The molecule has 0 aromatic heterocycles. The number of nitrogens with zero attached hydrogens (tertiary/aromatic N) is 1. The van der Waals surface area contributed by atoms with Gasteiger partial charge in [0, 0.05) is 19.0 Å². The molecule has 5 heteroatoms. The lowest BCUT2D eigenvalue weighted by Crippen LogP contribution is -2.44. The van der Waals surface area contributed by atoms with E-state index in [0.29, 0.717) is 18.9 Å². The number of rotatable bonds is 6. The molecule has 2 N–H and O–H groups in total. The van der Waals surface area contributed by atoms with Crippen molar-refractivity contribution in [2.75, 3.05) is 13.1 Å². The average Bonchev–Trinajstić information content (AvgIpc) is 2.63. The van der Waals surface area contributed by atoms with Crippen molar-refractivity contribution >= 4 is 5.91 Å². The van der Waals surface area contributed by atoms with Crippen LogP contribution in [0.5, 0.6) is 0 Å². The number of likely N-dealkylation sites (tertiary alicyclic amines) is 1. The van der Waals surface area contributed by atoms with Crippen LogP contribution in [0.1, 0.15) is 36.3 Å². The van der Waals surface area contributed by atoms with Gasteiger partial charge in [-0.25, -0.2) is 8.78 Å². The van der Waals surface area contributed by atoms with Gasteiger partial charge in [-0.05, 0) is 67.1 Å². The van der Waals surface area contributed by atoms with Crippen LogP contribution in [-0.2, 0) is 11.2 Å². The average molecular weight is 358 g/mol. The summed E-state index contributed by atoms with van der Waals surface area (Å²) in [7, 11) is 0. The van der Waals surface area contributed by atoms with Crippen molar-refractivity contribution in [1.29, 1.82) is 0 Å². The van der Waals surface area contributed by atoms with Crippen LogP contribution in [0, 0.1) is 11.6 Å². The molecule has 1 saturated heterocycles. The third-order valence-corrected chi connectivity index (χ3v) is 5.21. The molecule has 2 unspecified atom stereocenters. The Hall–Kier alpha value is -2.27. The van der Waals surface area contributed by atoms with Gasteiger partial charge in [0.05, 0.1) is 0 Å². The Labute approximate surface area is 152 Å². The minimum Gasteiger partial charge on any atom is -0.370 e. The first-order valence-electron chi connectivity index (χ1n) is 9.03. The second kappa shape index (κ2) is 8.41. The molecule has 3 rings (SSSR count). The molecule has 1 aliphatic rings. The molecule has 1 aliphatic heterocycles. The molecule has 0 saturated carbocycles. The van der Waals surface area contributed by atoms with Gasteiger partial charge in [0.15, 0.2) is 0 Å². The Kier molecular flexibility index (Phi) is 5.99. The van der Waals surface area contributed by atoms with E-state index in [1.54, 1.807) is 0 Å². The van der Waals surface area contributed by atoms with Crippen molar-refractivity contribution in [2.45, 2.75) is 37.6 Å². The van der Waals surface area contributed by atoms with Crippen molar-refractivity contribution in [1.82, 2.24) is 4.90 Å². The molecular formula is C21H24F2N2O. The van der Waals surface area contributed by atoms with E-state index < -0.39 is 0 Å². The largest absolute Gasteiger partial charge is 0.370 e. The minimum absolute atomic E-state index is 0.226. The van der Waals surface area contributed by atoms with Crippen LogP contribution in [-0.4, -0.2) is 29.9 Å². The van der Waals surface area contributed by atoms with Crippen LogP contribution in [0.25, 0.3) is 0 Å². The van der Waals surface area contributed by atoms with Gasteiger partial charge in [-0.2, -0.15) is 0 Å². The molecular weight excluding hydrogens is 334 g/mol. The number of primary amides is 1. The van der Waals surface area contributed by atoms with Crippen molar-refractivity contribution in [3.63, 3.8) is 0 Å². The zero-order valence-corrected chi connectivity index (χ0v) is 14.7. The fraction of sp³-hybridized carbons (Fsp3) is 0.381. The van der Waals surface area contributed by atoms with E-state index in [-0.39, 0.29) is 23.6 Å². The molecule has 0 radical (unpaired) electrons. The second-order valence-electron chi connectivity index (χ2n) is 7.01. The summed E-state index contributed by atoms with van der Waals surface area (Å²) in [6.45, 7) is 1.50. The number of hydrogen-bond acceptors (Lipinski definition) is 2. The molecule has 0 bridgehead atoms. The SMILES string of the molecule is NC(=O)CCN1CCC(c2ccc(F)cc2)CC1Cc1ccc(F)cc1. The monoisotopic (exact) mass is 358 g/mol. The fourth-order valence-corrected chi connectivity index (χ4v) is 3.79. The van der Waals surface area contributed by atoms with E-state index in [0.717, 1.165) is 36.9 Å². The molecule has 138 valence electrons. The maximum absolute atomic E-state index is 13.2. The van der Waals surface area contributed by atoms with Crippen LogP contribution in [0.4, 0.5) is 8.78 Å². The molecule has 2 aromatic rings. The molecule has 1 amide bonds. The number of carbonyl (C=O) groups excluding carboxylic acids is 1. The number of hydrogen-bond donors (Lipinski definition) is 1. The smallest absolute Gasteiger partial charge is 0.218 e. The van der Waals surface area contributed by atoms with Gasteiger partial charge in [-0.3, -0.25) is 9.69 Å². The fourth-order valence-electron chi connectivity index (χ4n) is 3.79. The number of piperidine rings is 1. The highest BCUT2D eigenvalue weighted by Crippen LogP contribution is 2.33. The molecule has 0 spiro atoms. The summed E-state index contributed by atoms with van der Waals surface area (Å²) >= 11 is 0. The highest BCUT2D eigenvalue weighted by Gasteiger charge is 2.29. The highest BCUT2D eigenvalue weighted by molar-refractivity contribution is 5.73. The summed E-state index contributed by atoms with van der Waals surface area (Å²) in [4.78, 5) is 13.5. The number of benzene rings is 2. The number of nitrogens with two attached hydrogens (primary N) is 1. The maximum atomic E-state index is 13.2. The van der Waals surface area contributed by atoms with Crippen molar-refractivity contribution in [3.8, 4) is 0 Å². The third kappa shape index (κ3) is 4.88. The van der Waals surface area contributed by atoms with E-state index in [2.05, 4.69) is 4.90 Å². The van der Waals surface area contributed by atoms with Crippen LogP contribution >= 0.6 is 0 Å². The van der Waals surface area contributed by atoms with E-state index in [9.17, 15) is 13.6 Å². The summed E-state index contributed by atoms with van der Waals surface area (Å²) in [5.41, 5.74) is 7.53. The molecule has 2 atom stereocenters. The molecule has 1 fully saturated rings. The molecule has 1 heterocycles. The zero-order valence-electron chi connectivity index (χ0n) is 14.7. The first-order chi connectivity index (χ1) is 12.5. The van der Waals surface area contributed by atoms with E-state index in [4.69, 9.17) is 5.73 Å².